The molecule has 5 heteroatoms. The quantitative estimate of drug-likeness (QED) is 0.230. The Morgan fingerprint density at radius 2 is 1.02 bits per heavy atom. The van der Waals surface area contributed by atoms with Crippen LogP contribution in [-0.4, -0.2) is 28.3 Å². The van der Waals surface area contributed by atoms with E-state index in [1.54, 1.807) is 0 Å². The molecule has 3 aliphatic rings. The van der Waals surface area contributed by atoms with Crippen LogP contribution in [0.25, 0.3) is 21.8 Å². The van der Waals surface area contributed by atoms with Gasteiger partial charge in [0.05, 0.1) is 28.6 Å². The first-order chi connectivity index (χ1) is 21.0. The highest BCUT2D eigenvalue weighted by Gasteiger charge is 2.79. The molecule has 9 rings (SSSR count). The molecule has 3 aliphatic heterocycles. The van der Waals surface area contributed by atoms with E-state index in [1.165, 1.54) is 10.3 Å². The Labute approximate surface area is 249 Å². The molecule has 1 aromatic heterocycles. The topological polar surface area (TPSA) is 45.6 Å². The van der Waals surface area contributed by atoms with E-state index in [-0.39, 0.29) is 11.8 Å². The first-order valence-electron chi connectivity index (χ1n) is 14.8. The fourth-order valence-electron chi connectivity index (χ4n) is 9.01. The predicted molar refractivity (Wildman–Crippen MR) is 169 cm³/mol. The van der Waals surface area contributed by atoms with E-state index in [2.05, 4.69) is 84.2 Å². The minimum Gasteiger partial charge on any atom is -0.344 e. The molecule has 43 heavy (non-hydrogen) atoms. The van der Waals surface area contributed by atoms with Gasteiger partial charge in [-0.1, -0.05) is 97.1 Å². The van der Waals surface area contributed by atoms with Crippen molar-refractivity contribution in [2.75, 3.05) is 11.9 Å². The number of anilines is 1. The van der Waals surface area contributed by atoms with E-state index >= 15 is 0 Å². The number of fused-ring (bicyclic) bond motifs is 11. The van der Waals surface area contributed by atoms with Gasteiger partial charge in [0.2, 0.25) is 11.8 Å². The zero-order chi connectivity index (χ0) is 29.1. The first-order valence-corrected chi connectivity index (χ1v) is 14.8. The van der Waals surface area contributed by atoms with Gasteiger partial charge in [0.1, 0.15) is 0 Å². The molecule has 4 heterocycles. The van der Waals surface area contributed by atoms with E-state index in [0.29, 0.717) is 5.69 Å². The maximum Gasteiger partial charge on any atom is 0.240 e. The lowest BCUT2D eigenvalue weighted by molar-refractivity contribution is -0.125. The second-order valence-electron chi connectivity index (χ2n) is 12.1. The molecule has 2 bridgehead atoms. The molecule has 0 spiro atoms. The molecule has 5 nitrogen and oxygen atoms in total. The summed E-state index contributed by atoms with van der Waals surface area (Å²) in [4.78, 5) is 33.5. The fourth-order valence-corrected chi connectivity index (χ4v) is 9.01. The number of amides is 2. The van der Waals surface area contributed by atoms with E-state index in [9.17, 15) is 9.59 Å². The maximum absolute atomic E-state index is 14.8. The first kappa shape index (κ1) is 24.6. The molecule has 2 amide bonds. The van der Waals surface area contributed by atoms with Crippen LogP contribution in [0.4, 0.5) is 5.69 Å². The average Bonchev–Trinajstić information content (AvgIpc) is 3.66. The third kappa shape index (κ3) is 2.68. The molecule has 2 fully saturated rings. The molecule has 6 aromatic rings. The monoisotopic (exact) mass is 559 g/mol. The van der Waals surface area contributed by atoms with E-state index in [0.717, 1.165) is 38.7 Å². The minimum absolute atomic E-state index is 0.140. The number of nitrogens with zero attached hydrogens (tertiary/aromatic N) is 3. The van der Waals surface area contributed by atoms with Crippen LogP contribution in [0.15, 0.2) is 127 Å². The summed E-state index contributed by atoms with van der Waals surface area (Å²) in [5.41, 5.74) is 5.46. The van der Waals surface area contributed by atoms with Crippen LogP contribution in [0, 0.1) is 11.8 Å². The summed E-state index contributed by atoms with van der Waals surface area (Å²) in [7, 11) is 4.23. The number of imide groups is 1. The van der Waals surface area contributed by atoms with Gasteiger partial charge in [-0.05, 0) is 59.6 Å². The number of rotatable bonds is 3. The summed E-state index contributed by atoms with van der Waals surface area (Å²) in [6.07, 6.45) is 0. The molecule has 2 saturated heterocycles. The lowest BCUT2D eigenvalue weighted by atomic mass is 9.61. The Bertz CT molecular complexity index is 2120. The molecule has 5 aromatic carbocycles. The zero-order valence-corrected chi connectivity index (χ0v) is 23.9. The van der Waals surface area contributed by atoms with Crippen molar-refractivity contribution in [3.05, 3.63) is 150 Å². The zero-order valence-electron chi connectivity index (χ0n) is 23.9. The predicted octanol–water partition coefficient (Wildman–Crippen LogP) is 6.58. The SMILES string of the molecule is CN1C2(c3ccccc3)c3cc4c5ccccc5n(C)c4cc3C1(c1ccccc1)[C@H]1C(=O)N(c3ccccc3)C(=O)[C@H]12. The number of para-hydroxylation sites is 2. The van der Waals surface area contributed by atoms with Crippen LogP contribution in [0.1, 0.15) is 22.3 Å². The average molecular weight is 560 g/mol. The summed E-state index contributed by atoms with van der Waals surface area (Å²) >= 11 is 0. The number of aryl methyl sites for hydroxylation is 1. The van der Waals surface area contributed by atoms with Gasteiger partial charge in [-0.2, -0.15) is 0 Å². The van der Waals surface area contributed by atoms with Crippen molar-refractivity contribution in [2.45, 2.75) is 11.1 Å². The number of benzene rings is 5. The van der Waals surface area contributed by atoms with Crippen molar-refractivity contribution in [3.63, 3.8) is 0 Å². The third-order valence-electron chi connectivity index (χ3n) is 10.6. The van der Waals surface area contributed by atoms with Gasteiger partial charge in [0.15, 0.2) is 0 Å². The smallest absolute Gasteiger partial charge is 0.240 e. The Morgan fingerprint density at radius 3 is 1.60 bits per heavy atom. The Hall–Kier alpha value is -5.00. The summed E-state index contributed by atoms with van der Waals surface area (Å²) in [6.45, 7) is 0. The van der Waals surface area contributed by atoms with Crippen LogP contribution in [0.3, 0.4) is 0 Å². The Kier molecular flexibility index (Phi) is 4.75. The normalized spacial score (nSPS) is 26.0. The van der Waals surface area contributed by atoms with Crippen molar-refractivity contribution in [3.8, 4) is 0 Å². The highest BCUT2D eigenvalue weighted by atomic mass is 16.2. The summed E-state index contributed by atoms with van der Waals surface area (Å²) < 4.78 is 2.25. The molecule has 0 radical (unpaired) electrons. The number of aromatic nitrogens is 1. The van der Waals surface area contributed by atoms with Gasteiger partial charge in [-0.15, -0.1) is 0 Å². The number of carbonyl (C=O) groups is 2. The Balaban J connectivity index is 1.46. The summed E-state index contributed by atoms with van der Waals surface area (Å²) in [6, 6.07) is 43.2. The number of carbonyl (C=O) groups excluding carboxylic acids is 2. The van der Waals surface area contributed by atoms with E-state index in [1.807, 2.05) is 66.7 Å². The van der Waals surface area contributed by atoms with Crippen LogP contribution >= 0.6 is 0 Å². The second-order valence-corrected chi connectivity index (χ2v) is 12.1. The van der Waals surface area contributed by atoms with Gasteiger partial charge in [-0.3, -0.25) is 14.5 Å². The highest BCUT2D eigenvalue weighted by Crippen LogP contribution is 2.72. The summed E-state index contributed by atoms with van der Waals surface area (Å²) in [5, 5.41) is 2.34. The molecular formula is C38H29N3O2. The summed E-state index contributed by atoms with van der Waals surface area (Å²) in [5.74, 6) is -1.49. The molecule has 4 atom stereocenters. The molecule has 0 saturated carbocycles. The molecule has 0 N–H and O–H groups in total. The van der Waals surface area contributed by atoms with Crippen molar-refractivity contribution in [2.24, 2.45) is 18.9 Å². The van der Waals surface area contributed by atoms with Crippen molar-refractivity contribution in [1.82, 2.24) is 9.47 Å². The molecule has 2 unspecified atom stereocenters. The minimum atomic E-state index is -0.849. The fraction of sp³-hybridized carbons (Fsp3) is 0.158. The van der Waals surface area contributed by atoms with Gasteiger partial charge in [0, 0.05) is 28.9 Å². The lowest BCUT2D eigenvalue weighted by Crippen LogP contribution is -2.49. The van der Waals surface area contributed by atoms with Gasteiger partial charge >= 0.3 is 0 Å². The van der Waals surface area contributed by atoms with Crippen LogP contribution in [-0.2, 0) is 27.7 Å². The molecular weight excluding hydrogens is 530 g/mol. The standard InChI is InChI=1S/C38H29N3O2/c1-39-31-21-13-12-20-27(31)28-22-29-30(23-32(28)39)38(25-16-8-4-9-17-25)34-33(37(29,40(38)2)24-14-6-3-7-15-24)35(42)41(36(34)43)26-18-10-5-11-19-26/h3-23,33-34H,1-2H3/t33-,34+,37?,38?/m0/s1. The van der Waals surface area contributed by atoms with Crippen LogP contribution in [0.2, 0.25) is 0 Å². The molecule has 0 aliphatic carbocycles. The molecule has 208 valence electrons. The van der Waals surface area contributed by atoms with Crippen molar-refractivity contribution >= 4 is 39.3 Å². The van der Waals surface area contributed by atoms with Crippen LogP contribution in [0.5, 0.6) is 0 Å². The van der Waals surface area contributed by atoms with Gasteiger partial charge in [-0.25, -0.2) is 4.90 Å². The third-order valence-corrected chi connectivity index (χ3v) is 10.6. The van der Waals surface area contributed by atoms with Gasteiger partial charge in [0.25, 0.3) is 0 Å². The van der Waals surface area contributed by atoms with E-state index < -0.39 is 22.9 Å². The largest absolute Gasteiger partial charge is 0.344 e. The second kappa shape index (κ2) is 8.30. The number of hydrogen-bond donors (Lipinski definition) is 0. The number of hydrogen-bond acceptors (Lipinski definition) is 3. The van der Waals surface area contributed by atoms with Crippen molar-refractivity contribution < 1.29 is 9.59 Å². The highest BCUT2D eigenvalue weighted by molar-refractivity contribution is 6.24. The van der Waals surface area contributed by atoms with E-state index in [4.69, 9.17) is 0 Å². The van der Waals surface area contributed by atoms with Crippen LogP contribution < -0.4 is 4.90 Å². The lowest BCUT2D eigenvalue weighted by Gasteiger charge is -2.40. The van der Waals surface area contributed by atoms with Gasteiger partial charge < -0.3 is 4.57 Å². The maximum atomic E-state index is 14.8. The Morgan fingerprint density at radius 1 is 0.535 bits per heavy atom. The van der Waals surface area contributed by atoms with Crippen molar-refractivity contribution in [1.29, 1.82) is 0 Å².